The molecule has 2 aliphatic heterocycles. The Kier molecular flexibility index (Phi) is 4.76. The number of halogens is 1. The second-order valence-electron chi connectivity index (χ2n) is 7.41. The van der Waals surface area contributed by atoms with E-state index in [1.807, 2.05) is 48.4 Å². The summed E-state index contributed by atoms with van der Waals surface area (Å²) in [6.07, 6.45) is 4.75. The zero-order valence-corrected chi connectivity index (χ0v) is 16.9. The van der Waals surface area contributed by atoms with Gasteiger partial charge in [-0.1, -0.05) is 29.8 Å². The molecule has 0 saturated heterocycles. The van der Waals surface area contributed by atoms with E-state index in [-0.39, 0.29) is 12.2 Å². The van der Waals surface area contributed by atoms with E-state index in [2.05, 4.69) is 10.3 Å². The Hall–Kier alpha value is -3.91. The predicted molar refractivity (Wildman–Crippen MR) is 116 cm³/mol. The molecule has 0 bridgehead atoms. The minimum absolute atomic E-state index is 0.292. The molecular formula is C23H21FN6O. The summed E-state index contributed by atoms with van der Waals surface area (Å²) >= 11 is 0. The average Bonchev–Trinajstić information content (AvgIpc) is 3.37. The number of aromatic nitrogens is 2. The lowest BCUT2D eigenvalue weighted by Crippen LogP contribution is -2.32. The molecule has 0 aliphatic carbocycles. The van der Waals surface area contributed by atoms with Crippen molar-refractivity contribution >= 4 is 17.3 Å². The Morgan fingerprint density at radius 2 is 1.90 bits per heavy atom. The normalized spacial score (nSPS) is 16.9. The third-order valence-corrected chi connectivity index (χ3v) is 5.19. The van der Waals surface area contributed by atoms with Gasteiger partial charge in [-0.15, -0.1) is 0 Å². The summed E-state index contributed by atoms with van der Waals surface area (Å²) in [7, 11) is 0. The molecule has 1 unspecified atom stereocenters. The van der Waals surface area contributed by atoms with Crippen molar-refractivity contribution in [3.63, 3.8) is 0 Å². The van der Waals surface area contributed by atoms with Crippen LogP contribution in [-0.4, -0.2) is 21.2 Å². The summed E-state index contributed by atoms with van der Waals surface area (Å²) < 4.78 is 19.1. The molecule has 7 nitrogen and oxygen atoms in total. The van der Waals surface area contributed by atoms with Crippen LogP contribution in [0.5, 0.6) is 0 Å². The first kappa shape index (κ1) is 19.1. The fourth-order valence-electron chi connectivity index (χ4n) is 3.61. The number of nitrogens with one attached hydrogen (secondary N) is 1. The van der Waals surface area contributed by atoms with Gasteiger partial charge in [0.2, 0.25) is 5.95 Å². The lowest BCUT2D eigenvalue weighted by molar-refractivity contribution is 0.0848. The number of benzene rings is 2. The maximum atomic E-state index is 13.4. The van der Waals surface area contributed by atoms with E-state index in [0.29, 0.717) is 18.2 Å². The Labute approximate surface area is 179 Å². The van der Waals surface area contributed by atoms with Crippen molar-refractivity contribution in [2.45, 2.75) is 19.8 Å². The van der Waals surface area contributed by atoms with Crippen molar-refractivity contribution in [1.29, 1.82) is 0 Å². The molecule has 2 aromatic carbocycles. The van der Waals surface area contributed by atoms with E-state index in [1.54, 1.807) is 24.6 Å². The quantitative estimate of drug-likeness (QED) is 0.488. The van der Waals surface area contributed by atoms with Gasteiger partial charge < -0.3 is 10.1 Å². The van der Waals surface area contributed by atoms with Crippen LogP contribution in [-0.2, 0) is 11.3 Å². The number of rotatable bonds is 5. The highest BCUT2D eigenvalue weighted by molar-refractivity contribution is 5.90. The van der Waals surface area contributed by atoms with E-state index in [1.165, 1.54) is 22.7 Å². The third-order valence-electron chi connectivity index (χ3n) is 5.19. The Morgan fingerprint density at radius 3 is 2.68 bits per heavy atom. The summed E-state index contributed by atoms with van der Waals surface area (Å²) in [4.78, 5) is 11.0. The van der Waals surface area contributed by atoms with Gasteiger partial charge in [0, 0.05) is 18.0 Å². The lowest BCUT2D eigenvalue weighted by atomic mass is 10.1. The van der Waals surface area contributed by atoms with Gasteiger partial charge in [0.15, 0.2) is 0 Å². The zero-order chi connectivity index (χ0) is 21.4. The number of nitrogens with two attached hydrogens (primary N) is 1. The monoisotopic (exact) mass is 416 g/mol. The van der Waals surface area contributed by atoms with Crippen LogP contribution in [0.25, 0.3) is 11.4 Å². The van der Waals surface area contributed by atoms with Crippen molar-refractivity contribution in [2.75, 3.05) is 5.01 Å². The Balaban J connectivity index is 1.50. The molecule has 2 aliphatic rings. The number of hydrogen-bond acceptors (Lipinski definition) is 7. The van der Waals surface area contributed by atoms with Crippen molar-refractivity contribution in [2.24, 2.45) is 5.84 Å². The summed E-state index contributed by atoms with van der Waals surface area (Å²) in [5.41, 5.74) is 5.35. The number of aryl methyl sites for hydroxylation is 1. The fraction of sp³-hybridized carbons (Fsp3) is 0.130. The van der Waals surface area contributed by atoms with Gasteiger partial charge in [-0.25, -0.2) is 20.2 Å². The highest BCUT2D eigenvalue weighted by Crippen LogP contribution is 2.37. The lowest BCUT2D eigenvalue weighted by Gasteiger charge is -2.20. The molecule has 31 heavy (non-hydrogen) atoms. The van der Waals surface area contributed by atoms with Crippen LogP contribution in [0.2, 0.25) is 0 Å². The summed E-state index contributed by atoms with van der Waals surface area (Å²) in [6.45, 7) is 2.52. The number of ether oxygens (including phenoxy) is 1. The van der Waals surface area contributed by atoms with E-state index >= 15 is 0 Å². The molecule has 1 aromatic heterocycles. The van der Waals surface area contributed by atoms with Gasteiger partial charge in [0.1, 0.15) is 12.1 Å². The van der Waals surface area contributed by atoms with Crippen LogP contribution in [0.4, 0.5) is 10.3 Å². The van der Waals surface area contributed by atoms with E-state index in [9.17, 15) is 4.39 Å². The summed E-state index contributed by atoms with van der Waals surface area (Å²) in [5.74, 6) is 6.39. The van der Waals surface area contributed by atoms with Gasteiger partial charge >= 0.3 is 0 Å². The van der Waals surface area contributed by atoms with Crippen LogP contribution in [0.1, 0.15) is 22.4 Å². The van der Waals surface area contributed by atoms with Gasteiger partial charge in [-0.2, -0.15) is 0 Å². The molecule has 0 fully saturated rings. The van der Waals surface area contributed by atoms with Crippen LogP contribution in [0.3, 0.4) is 0 Å². The molecule has 3 N–H and O–H groups in total. The molecule has 156 valence electrons. The topological polar surface area (TPSA) is 79.5 Å². The van der Waals surface area contributed by atoms with Gasteiger partial charge in [0.05, 0.1) is 23.6 Å². The van der Waals surface area contributed by atoms with Crippen LogP contribution in [0, 0.1) is 12.7 Å². The number of hydrogen-bond donors (Lipinski definition) is 2. The third kappa shape index (κ3) is 3.69. The molecular weight excluding hydrogens is 395 g/mol. The summed E-state index contributed by atoms with van der Waals surface area (Å²) in [5, 5.41) is 4.84. The van der Waals surface area contributed by atoms with Gasteiger partial charge in [0.25, 0.3) is 6.35 Å². The van der Waals surface area contributed by atoms with E-state index in [0.717, 1.165) is 22.5 Å². The van der Waals surface area contributed by atoms with Crippen molar-refractivity contribution in [3.8, 4) is 0 Å². The highest BCUT2D eigenvalue weighted by Gasteiger charge is 2.36. The molecule has 3 heterocycles. The average molecular weight is 416 g/mol. The highest BCUT2D eigenvalue weighted by atomic mass is 19.1. The first-order valence-electron chi connectivity index (χ1n) is 9.87. The van der Waals surface area contributed by atoms with Crippen LogP contribution < -0.4 is 16.2 Å². The number of anilines is 1. The van der Waals surface area contributed by atoms with Crippen molar-refractivity contribution in [1.82, 2.24) is 20.2 Å². The fourth-order valence-corrected chi connectivity index (χ4v) is 3.61. The van der Waals surface area contributed by atoms with Crippen LogP contribution >= 0.6 is 0 Å². The van der Waals surface area contributed by atoms with Crippen LogP contribution in [0.15, 0.2) is 73.3 Å². The maximum absolute atomic E-state index is 13.4. The molecule has 0 radical (unpaired) electrons. The number of hydrazine groups is 1. The smallest absolute Gasteiger partial charge is 0.254 e. The minimum Gasteiger partial charge on any atom is -0.458 e. The zero-order valence-electron chi connectivity index (χ0n) is 16.9. The second kappa shape index (κ2) is 7.73. The Morgan fingerprint density at radius 1 is 1.13 bits per heavy atom. The van der Waals surface area contributed by atoms with E-state index < -0.39 is 0 Å². The predicted octanol–water partition coefficient (Wildman–Crippen LogP) is 3.32. The van der Waals surface area contributed by atoms with Crippen molar-refractivity contribution in [3.05, 3.63) is 101 Å². The second-order valence-corrected chi connectivity index (χ2v) is 7.41. The number of fused-ring (bicyclic) bond motifs is 1. The minimum atomic E-state index is -0.380. The first-order valence-corrected chi connectivity index (χ1v) is 9.87. The van der Waals surface area contributed by atoms with Gasteiger partial charge in [-0.05, 0) is 42.8 Å². The molecule has 1 atom stereocenters. The van der Waals surface area contributed by atoms with Gasteiger partial charge in [-0.3, -0.25) is 9.91 Å². The maximum Gasteiger partial charge on any atom is 0.254 e. The summed E-state index contributed by atoms with van der Waals surface area (Å²) in [6, 6.07) is 16.3. The molecule has 0 saturated carbocycles. The number of nitrogens with zero attached hydrogens (tertiary/aromatic N) is 4. The SMILES string of the molecule is Cc1ccc(CN(N)c2nccc(C3=C(c4ccc(F)cc4)NC4OC=CN34)n2)cc1. The Bertz CT molecular complexity index is 1160. The molecule has 3 aromatic rings. The van der Waals surface area contributed by atoms with E-state index in [4.69, 9.17) is 15.6 Å². The standard InChI is InChI=1S/C23H21FN6O/c1-15-2-4-16(5-3-15)14-30(25)22-26-11-10-19(27-22)21-20(17-6-8-18(24)9-7-17)28-23-29(21)12-13-31-23/h2-13,23,28H,14,25H2,1H3. The molecule has 0 amide bonds. The van der Waals surface area contributed by atoms with Crippen molar-refractivity contribution < 1.29 is 9.13 Å². The molecule has 5 rings (SSSR count). The molecule has 8 heteroatoms. The molecule has 0 spiro atoms. The largest absolute Gasteiger partial charge is 0.458 e. The first-order chi connectivity index (χ1) is 15.1.